The molecule has 1 rings (SSSR count). The van der Waals surface area contributed by atoms with Crippen LogP contribution in [0.5, 0.6) is 0 Å². The maximum Gasteiger partial charge on any atom is 0.151 e. The second-order valence-corrected chi connectivity index (χ2v) is 3.46. The van der Waals surface area contributed by atoms with Crippen molar-refractivity contribution in [2.75, 3.05) is 0 Å². The van der Waals surface area contributed by atoms with Crippen LogP contribution in [-0.2, 0) is 24.3 Å². The van der Waals surface area contributed by atoms with Crippen LogP contribution in [0.2, 0.25) is 0 Å². The van der Waals surface area contributed by atoms with E-state index >= 15 is 0 Å². The summed E-state index contributed by atoms with van der Waals surface area (Å²) < 4.78 is 0. The quantitative estimate of drug-likeness (QED) is 0.323. The van der Waals surface area contributed by atoms with E-state index in [4.69, 9.17) is 0 Å². The van der Waals surface area contributed by atoms with E-state index in [1.165, 1.54) is 39.5 Å². The van der Waals surface area contributed by atoms with Crippen molar-refractivity contribution in [1.82, 2.24) is 0 Å². The minimum absolute atomic E-state index is 0. The third-order valence-electron chi connectivity index (χ3n) is 1.74. The number of carbonyl (C=O) groups excluding carboxylic acids is 1. The number of rotatable bonds is 1. The van der Waals surface area contributed by atoms with Gasteiger partial charge in [-0.05, 0) is 38.7 Å². The molecule has 0 unspecified atom stereocenters. The topological polar surface area (TPSA) is 40.1 Å². The van der Waals surface area contributed by atoms with Crippen LogP contribution in [0.25, 0.3) is 0 Å². The van der Waals surface area contributed by atoms with Gasteiger partial charge >= 0.3 is 0 Å². The van der Waals surface area contributed by atoms with Crippen LogP contribution in [0, 0.1) is 0 Å². The third-order valence-corrected chi connectivity index (χ3v) is 1.74. The third kappa shape index (κ3) is 15.8. The first kappa shape index (κ1) is 17.7. The van der Waals surface area contributed by atoms with Gasteiger partial charge in [0.2, 0.25) is 0 Å². The van der Waals surface area contributed by atoms with Gasteiger partial charge in [0, 0.05) is 19.5 Å². The van der Waals surface area contributed by atoms with Crippen molar-refractivity contribution in [3.05, 3.63) is 36.1 Å². The van der Waals surface area contributed by atoms with Gasteiger partial charge in [-0.15, -0.1) is 5.76 Å². The van der Waals surface area contributed by atoms with Crippen molar-refractivity contribution >= 4 is 5.78 Å². The van der Waals surface area contributed by atoms with Crippen molar-refractivity contribution < 1.29 is 29.4 Å². The van der Waals surface area contributed by atoms with Crippen molar-refractivity contribution in [1.29, 1.82) is 0 Å². The summed E-state index contributed by atoms with van der Waals surface area (Å²) >= 11 is 0. The molecule has 16 heavy (non-hydrogen) atoms. The fourth-order valence-corrected chi connectivity index (χ4v) is 1.14. The molecule has 0 atom stereocenters. The van der Waals surface area contributed by atoms with Crippen LogP contribution >= 0.6 is 0 Å². The minimum atomic E-state index is -0.187. The van der Waals surface area contributed by atoms with Gasteiger partial charge in [-0.2, -0.15) is 0 Å². The Morgan fingerprint density at radius 2 is 1.31 bits per heavy atom. The van der Waals surface area contributed by atoms with Gasteiger partial charge in [-0.25, -0.2) is 0 Å². The van der Waals surface area contributed by atoms with E-state index in [2.05, 4.69) is 24.3 Å². The molecule has 0 aromatic carbocycles. The van der Waals surface area contributed by atoms with Crippen molar-refractivity contribution in [3.63, 3.8) is 0 Å². The molecule has 1 radical (unpaired) electrons. The summed E-state index contributed by atoms with van der Waals surface area (Å²) in [5, 5.41) is 9.98. The molecule has 1 aliphatic rings. The Hall–Kier alpha value is -0.687. The smallest absolute Gasteiger partial charge is 0.151 e. The number of ketones is 1. The molecule has 0 amide bonds. The van der Waals surface area contributed by atoms with Gasteiger partial charge in [0.25, 0.3) is 0 Å². The van der Waals surface area contributed by atoms with Gasteiger partial charge in [0.05, 0.1) is 0 Å². The van der Waals surface area contributed by atoms with E-state index in [0.29, 0.717) is 0 Å². The van der Waals surface area contributed by atoms with E-state index in [1.54, 1.807) is 0 Å². The predicted molar refractivity (Wildman–Crippen MR) is 61.2 cm³/mol. The standard InChI is InChI=1S/C8H12.C5H8O2.Rh/c1-2-4-6-8-7-5-3-1;1-4(6)3-5(2)7;/h1-2,7-8H,3-6H2;3,6H,1-2H3;/p-1. The minimum Gasteiger partial charge on any atom is -0.876 e. The number of hydrogen-bond donors (Lipinski definition) is 0. The van der Waals surface area contributed by atoms with E-state index in [0.717, 1.165) is 6.08 Å². The molecule has 0 heterocycles. The number of carbonyl (C=O) groups is 1. The zero-order valence-electron chi connectivity index (χ0n) is 9.87. The molecule has 1 aliphatic carbocycles. The average Bonchev–Trinajstić information content (AvgIpc) is 1.99. The molecule has 0 fully saturated rings. The second kappa shape index (κ2) is 12.4. The summed E-state index contributed by atoms with van der Waals surface area (Å²) in [6, 6.07) is 0. The first-order valence-corrected chi connectivity index (χ1v) is 5.29. The SMILES string of the molecule is C1=CCCC=CCC1.CC(=O)C=C(C)[O-].[Rh]. The zero-order chi connectivity index (χ0) is 11.5. The first-order chi connectivity index (χ1) is 7.13. The Morgan fingerprint density at radius 3 is 1.44 bits per heavy atom. The monoisotopic (exact) mass is 310 g/mol. The maximum absolute atomic E-state index is 9.98. The van der Waals surface area contributed by atoms with E-state index < -0.39 is 0 Å². The Kier molecular flexibility index (Phi) is 13.7. The molecule has 0 bridgehead atoms. The van der Waals surface area contributed by atoms with Crippen molar-refractivity contribution in [2.45, 2.75) is 39.5 Å². The normalized spacial score (nSPS) is 15.0. The molecular formula is C13H19O2Rh-. The van der Waals surface area contributed by atoms with Crippen LogP contribution in [0.3, 0.4) is 0 Å². The summed E-state index contributed by atoms with van der Waals surface area (Å²) in [4.78, 5) is 9.98. The van der Waals surface area contributed by atoms with Gasteiger partial charge in [-0.3, -0.25) is 4.79 Å². The van der Waals surface area contributed by atoms with E-state index in [-0.39, 0.29) is 31.0 Å². The molecule has 0 spiro atoms. The molecule has 0 aliphatic heterocycles. The summed E-state index contributed by atoms with van der Waals surface area (Å²) in [7, 11) is 0. The van der Waals surface area contributed by atoms with Crippen LogP contribution < -0.4 is 5.11 Å². The summed E-state index contributed by atoms with van der Waals surface area (Å²) in [6.07, 6.45) is 15.1. The summed E-state index contributed by atoms with van der Waals surface area (Å²) in [6.45, 7) is 2.70. The number of hydrogen-bond acceptors (Lipinski definition) is 2. The van der Waals surface area contributed by atoms with Crippen LogP contribution in [0.1, 0.15) is 39.5 Å². The second-order valence-electron chi connectivity index (χ2n) is 3.46. The van der Waals surface area contributed by atoms with Crippen molar-refractivity contribution in [2.24, 2.45) is 0 Å². The average molecular weight is 310 g/mol. The molecule has 3 heteroatoms. The molecule has 2 nitrogen and oxygen atoms in total. The van der Waals surface area contributed by atoms with Gasteiger partial charge < -0.3 is 5.11 Å². The summed E-state index contributed by atoms with van der Waals surface area (Å²) in [5.74, 6) is -0.375. The zero-order valence-corrected chi connectivity index (χ0v) is 11.5. The molecular weight excluding hydrogens is 291 g/mol. The van der Waals surface area contributed by atoms with Crippen molar-refractivity contribution in [3.8, 4) is 0 Å². The van der Waals surface area contributed by atoms with Crippen LogP contribution in [-0.4, -0.2) is 5.78 Å². The fraction of sp³-hybridized carbons (Fsp3) is 0.462. The van der Waals surface area contributed by atoms with Crippen LogP contribution in [0.15, 0.2) is 36.1 Å². The van der Waals surface area contributed by atoms with Gasteiger partial charge in [-0.1, -0.05) is 31.2 Å². The molecule has 0 saturated carbocycles. The summed E-state index contributed by atoms with van der Waals surface area (Å²) in [5.41, 5.74) is 0. The van der Waals surface area contributed by atoms with E-state index in [1.807, 2.05) is 0 Å². The molecule has 0 aromatic rings. The molecule has 93 valence electrons. The first-order valence-electron chi connectivity index (χ1n) is 5.29. The fourth-order valence-electron chi connectivity index (χ4n) is 1.14. The molecule has 0 aromatic heterocycles. The largest absolute Gasteiger partial charge is 0.876 e. The van der Waals surface area contributed by atoms with Gasteiger partial charge in [0.1, 0.15) is 0 Å². The predicted octanol–water partition coefficient (Wildman–Crippen LogP) is 2.51. The maximum atomic E-state index is 9.98. The number of allylic oxidation sites excluding steroid dienone is 6. The van der Waals surface area contributed by atoms with Crippen LogP contribution in [0.4, 0.5) is 0 Å². The Morgan fingerprint density at radius 1 is 1.00 bits per heavy atom. The Bertz CT molecular complexity index is 235. The molecule has 0 N–H and O–H groups in total. The Labute approximate surface area is 111 Å². The van der Waals surface area contributed by atoms with E-state index in [9.17, 15) is 9.90 Å². The molecule has 0 saturated heterocycles. The Balaban J connectivity index is 0. The van der Waals surface area contributed by atoms with Gasteiger partial charge in [0.15, 0.2) is 5.78 Å².